The van der Waals surface area contributed by atoms with E-state index in [-0.39, 0.29) is 5.91 Å². The Morgan fingerprint density at radius 2 is 1.92 bits per heavy atom. The molecule has 0 aliphatic carbocycles. The lowest BCUT2D eigenvalue weighted by molar-refractivity contribution is 0.0946. The molecule has 5 nitrogen and oxygen atoms in total. The van der Waals surface area contributed by atoms with Gasteiger partial charge in [0, 0.05) is 36.9 Å². The number of amides is 1. The second-order valence-corrected chi connectivity index (χ2v) is 6.36. The first-order valence-electron chi connectivity index (χ1n) is 7.89. The molecule has 0 unspecified atom stereocenters. The van der Waals surface area contributed by atoms with E-state index in [0.29, 0.717) is 23.0 Å². The van der Waals surface area contributed by atoms with Crippen LogP contribution in [0.5, 0.6) is 0 Å². The molecule has 2 N–H and O–H groups in total. The van der Waals surface area contributed by atoms with Crippen LogP contribution in [0.25, 0.3) is 11.3 Å². The Morgan fingerprint density at radius 1 is 1.16 bits per heavy atom. The summed E-state index contributed by atoms with van der Waals surface area (Å²) >= 11 is 5.99. The fourth-order valence-electron chi connectivity index (χ4n) is 2.42. The molecule has 0 aliphatic rings. The Bertz CT molecular complexity index is 871. The molecular weight excluding hydrogens is 336 g/mol. The van der Waals surface area contributed by atoms with E-state index in [1.165, 1.54) is 0 Å². The maximum Gasteiger partial charge on any atom is 0.269 e. The molecule has 25 heavy (non-hydrogen) atoms. The molecule has 0 radical (unpaired) electrons. The zero-order valence-electron chi connectivity index (χ0n) is 14.1. The molecule has 1 heterocycles. The van der Waals surface area contributed by atoms with Crippen LogP contribution in [0, 0.1) is 0 Å². The molecule has 0 bridgehead atoms. The first-order valence-corrected chi connectivity index (χ1v) is 8.26. The summed E-state index contributed by atoms with van der Waals surface area (Å²) in [6, 6.07) is 17.1. The number of anilines is 1. The summed E-state index contributed by atoms with van der Waals surface area (Å²) < 4.78 is 0. The number of aromatic amines is 1. The molecule has 0 fully saturated rings. The van der Waals surface area contributed by atoms with Gasteiger partial charge in [0.2, 0.25) is 0 Å². The van der Waals surface area contributed by atoms with Crippen LogP contribution in [-0.4, -0.2) is 30.2 Å². The predicted octanol–water partition coefficient (Wildman–Crippen LogP) is 3.73. The van der Waals surface area contributed by atoms with Gasteiger partial charge in [-0.1, -0.05) is 35.9 Å². The van der Waals surface area contributed by atoms with E-state index in [9.17, 15) is 4.79 Å². The van der Waals surface area contributed by atoms with Gasteiger partial charge in [-0.05, 0) is 35.9 Å². The second-order valence-electron chi connectivity index (χ2n) is 5.92. The molecule has 0 spiro atoms. The van der Waals surface area contributed by atoms with Gasteiger partial charge in [-0.3, -0.25) is 9.89 Å². The Morgan fingerprint density at radius 3 is 2.60 bits per heavy atom. The highest BCUT2D eigenvalue weighted by Gasteiger charge is 2.11. The van der Waals surface area contributed by atoms with Crippen LogP contribution in [-0.2, 0) is 6.54 Å². The van der Waals surface area contributed by atoms with E-state index in [1.54, 1.807) is 12.1 Å². The summed E-state index contributed by atoms with van der Waals surface area (Å²) in [6.45, 7) is 0.456. The molecule has 0 saturated carbocycles. The van der Waals surface area contributed by atoms with Crippen molar-refractivity contribution in [2.75, 3.05) is 19.0 Å². The van der Waals surface area contributed by atoms with Crippen molar-refractivity contribution >= 4 is 23.2 Å². The van der Waals surface area contributed by atoms with Gasteiger partial charge in [0.15, 0.2) is 0 Å². The lowest BCUT2D eigenvalue weighted by atomic mass is 10.1. The van der Waals surface area contributed by atoms with E-state index in [4.69, 9.17) is 11.6 Å². The third-order valence-corrected chi connectivity index (χ3v) is 4.08. The van der Waals surface area contributed by atoms with E-state index < -0.39 is 0 Å². The van der Waals surface area contributed by atoms with Crippen LogP contribution in [0.3, 0.4) is 0 Å². The lowest BCUT2D eigenvalue weighted by Crippen LogP contribution is -2.23. The van der Waals surface area contributed by atoms with Crippen LogP contribution in [0.4, 0.5) is 5.69 Å². The fourth-order valence-corrected chi connectivity index (χ4v) is 2.61. The Kier molecular flexibility index (Phi) is 5.05. The number of halogens is 1. The number of rotatable bonds is 5. The molecule has 1 amide bonds. The van der Waals surface area contributed by atoms with Crippen molar-refractivity contribution in [1.82, 2.24) is 15.5 Å². The molecule has 0 aliphatic heterocycles. The third-order valence-electron chi connectivity index (χ3n) is 3.85. The molecule has 3 rings (SSSR count). The van der Waals surface area contributed by atoms with Gasteiger partial charge in [0.1, 0.15) is 5.69 Å². The average molecular weight is 355 g/mol. The molecular formula is C19H19ClN4O. The number of carbonyl (C=O) groups is 1. The summed E-state index contributed by atoms with van der Waals surface area (Å²) in [6.07, 6.45) is 0. The zero-order valence-corrected chi connectivity index (χ0v) is 14.8. The van der Waals surface area contributed by atoms with Crippen molar-refractivity contribution < 1.29 is 4.79 Å². The van der Waals surface area contributed by atoms with Gasteiger partial charge >= 0.3 is 0 Å². The normalized spacial score (nSPS) is 10.5. The number of hydrogen-bond acceptors (Lipinski definition) is 3. The van der Waals surface area contributed by atoms with Gasteiger partial charge in [-0.25, -0.2) is 0 Å². The Balaban J connectivity index is 1.64. The third kappa shape index (κ3) is 4.19. The van der Waals surface area contributed by atoms with Crippen molar-refractivity contribution in [2.24, 2.45) is 0 Å². The highest BCUT2D eigenvalue weighted by Crippen LogP contribution is 2.21. The summed E-state index contributed by atoms with van der Waals surface area (Å²) in [4.78, 5) is 14.3. The van der Waals surface area contributed by atoms with Crippen molar-refractivity contribution in [3.63, 3.8) is 0 Å². The SMILES string of the molecule is CN(C)c1ccc(CNC(=O)c2cc(-c3cccc(Cl)c3)n[nH]2)cc1. The standard InChI is InChI=1S/C19H19ClN4O/c1-24(2)16-8-6-13(7-9-16)12-21-19(25)18-11-17(22-23-18)14-4-3-5-15(20)10-14/h3-11H,12H2,1-2H3,(H,21,25)(H,22,23). The summed E-state index contributed by atoms with van der Waals surface area (Å²) in [5.74, 6) is -0.197. The summed E-state index contributed by atoms with van der Waals surface area (Å²) in [5.41, 5.74) is 4.12. The number of H-pyrrole nitrogens is 1. The first kappa shape index (κ1) is 17.0. The van der Waals surface area contributed by atoms with Gasteiger partial charge in [0.05, 0.1) is 5.69 Å². The lowest BCUT2D eigenvalue weighted by Gasteiger charge is -2.12. The minimum Gasteiger partial charge on any atom is -0.378 e. The highest BCUT2D eigenvalue weighted by atomic mass is 35.5. The molecule has 0 saturated heterocycles. The van der Waals surface area contributed by atoms with Crippen molar-refractivity contribution in [3.05, 3.63) is 70.9 Å². The fraction of sp³-hybridized carbons (Fsp3) is 0.158. The largest absolute Gasteiger partial charge is 0.378 e. The molecule has 3 aromatic rings. The van der Waals surface area contributed by atoms with E-state index in [0.717, 1.165) is 16.8 Å². The van der Waals surface area contributed by atoms with Crippen LogP contribution in [0.2, 0.25) is 5.02 Å². The van der Waals surface area contributed by atoms with Crippen molar-refractivity contribution in [2.45, 2.75) is 6.54 Å². The maximum atomic E-state index is 12.3. The Labute approximate surface area is 151 Å². The highest BCUT2D eigenvalue weighted by molar-refractivity contribution is 6.30. The number of nitrogens with zero attached hydrogens (tertiary/aromatic N) is 2. The van der Waals surface area contributed by atoms with Gasteiger partial charge < -0.3 is 10.2 Å². The van der Waals surface area contributed by atoms with Crippen molar-refractivity contribution in [1.29, 1.82) is 0 Å². The summed E-state index contributed by atoms with van der Waals surface area (Å²) in [7, 11) is 3.99. The second kappa shape index (κ2) is 7.40. The minimum absolute atomic E-state index is 0.197. The van der Waals surface area contributed by atoms with E-state index >= 15 is 0 Å². The molecule has 1 aromatic heterocycles. The molecule has 0 atom stereocenters. The molecule has 2 aromatic carbocycles. The average Bonchev–Trinajstić information content (AvgIpc) is 3.10. The quantitative estimate of drug-likeness (QED) is 0.734. The monoisotopic (exact) mass is 354 g/mol. The zero-order chi connectivity index (χ0) is 17.8. The van der Waals surface area contributed by atoms with Gasteiger partial charge in [-0.15, -0.1) is 0 Å². The van der Waals surface area contributed by atoms with Gasteiger partial charge in [-0.2, -0.15) is 5.10 Å². The van der Waals surface area contributed by atoms with Crippen LogP contribution in [0.15, 0.2) is 54.6 Å². The smallest absolute Gasteiger partial charge is 0.269 e. The molecule has 128 valence electrons. The number of hydrogen-bond donors (Lipinski definition) is 2. The topological polar surface area (TPSA) is 61.0 Å². The van der Waals surface area contributed by atoms with Crippen LogP contribution in [0.1, 0.15) is 16.1 Å². The Hall–Kier alpha value is -2.79. The number of benzene rings is 2. The maximum absolute atomic E-state index is 12.3. The van der Waals surface area contributed by atoms with Crippen LogP contribution >= 0.6 is 11.6 Å². The summed E-state index contributed by atoms with van der Waals surface area (Å²) in [5, 5.41) is 10.5. The van der Waals surface area contributed by atoms with Gasteiger partial charge in [0.25, 0.3) is 5.91 Å². The first-order chi connectivity index (χ1) is 12.0. The number of aromatic nitrogens is 2. The van der Waals surface area contributed by atoms with Crippen LogP contribution < -0.4 is 10.2 Å². The van der Waals surface area contributed by atoms with E-state index in [2.05, 4.69) is 15.5 Å². The molecule has 6 heteroatoms. The van der Waals surface area contributed by atoms with E-state index in [1.807, 2.05) is 61.5 Å². The predicted molar refractivity (Wildman–Crippen MR) is 101 cm³/mol. The number of carbonyl (C=O) groups excluding carboxylic acids is 1. The number of nitrogens with one attached hydrogen (secondary N) is 2. The minimum atomic E-state index is -0.197. The van der Waals surface area contributed by atoms with Crippen molar-refractivity contribution in [3.8, 4) is 11.3 Å².